The highest BCUT2D eigenvalue weighted by Crippen LogP contribution is 1.96. The molecule has 0 aromatic carbocycles. The molecule has 7 heteroatoms. The standard InChI is InChI=1S/C6H8O6S/c7-4(8)3-11-5(9)1-2-6(10)12-13/h13H,1-3H2,(H,7,8). The van der Waals surface area contributed by atoms with Crippen LogP contribution in [-0.4, -0.2) is 29.6 Å². The molecule has 0 bridgehead atoms. The number of hydrogen-bond acceptors (Lipinski definition) is 6. The predicted molar refractivity (Wildman–Crippen MR) is 42.9 cm³/mol. The average molecular weight is 208 g/mol. The predicted octanol–water partition coefficient (Wildman–Crippen LogP) is -0.218. The molecule has 0 amide bonds. The average Bonchev–Trinajstić information content (AvgIpc) is 2.10. The molecule has 0 radical (unpaired) electrons. The molecule has 0 aromatic rings. The van der Waals surface area contributed by atoms with Crippen LogP contribution in [0.2, 0.25) is 0 Å². The molecule has 13 heavy (non-hydrogen) atoms. The van der Waals surface area contributed by atoms with Crippen molar-refractivity contribution in [2.45, 2.75) is 12.8 Å². The SMILES string of the molecule is O=C(O)COC(=O)CCC(=O)OS. The quantitative estimate of drug-likeness (QED) is 0.369. The first-order valence-electron chi connectivity index (χ1n) is 3.28. The van der Waals surface area contributed by atoms with Gasteiger partial charge in [-0.25, -0.2) is 4.79 Å². The third-order valence-corrected chi connectivity index (χ3v) is 1.20. The van der Waals surface area contributed by atoms with Crippen LogP contribution in [0.25, 0.3) is 0 Å². The number of thiol groups is 1. The molecule has 0 rings (SSSR count). The second-order valence-electron chi connectivity index (χ2n) is 2.02. The van der Waals surface area contributed by atoms with Gasteiger partial charge in [0.15, 0.2) is 6.61 Å². The number of carboxylic acid groups (broad SMARTS) is 1. The molecule has 1 N–H and O–H groups in total. The van der Waals surface area contributed by atoms with E-state index in [-0.39, 0.29) is 12.8 Å². The fraction of sp³-hybridized carbons (Fsp3) is 0.500. The largest absolute Gasteiger partial charge is 0.479 e. The molecular formula is C6H8O6S. The van der Waals surface area contributed by atoms with Crippen molar-refractivity contribution in [1.29, 1.82) is 0 Å². The zero-order valence-corrected chi connectivity index (χ0v) is 7.45. The first kappa shape index (κ1) is 11.8. The van der Waals surface area contributed by atoms with Gasteiger partial charge in [0, 0.05) is 12.9 Å². The van der Waals surface area contributed by atoms with Gasteiger partial charge in [-0.1, -0.05) is 0 Å². The van der Waals surface area contributed by atoms with Gasteiger partial charge in [0.05, 0.1) is 12.8 Å². The zero-order valence-electron chi connectivity index (χ0n) is 6.56. The molecule has 0 saturated heterocycles. The lowest BCUT2D eigenvalue weighted by Gasteiger charge is -1.99. The number of esters is 1. The van der Waals surface area contributed by atoms with Gasteiger partial charge in [-0.15, -0.1) is 0 Å². The van der Waals surface area contributed by atoms with E-state index >= 15 is 0 Å². The Bertz CT molecular complexity index is 213. The molecule has 0 spiro atoms. The van der Waals surface area contributed by atoms with Gasteiger partial charge >= 0.3 is 17.9 Å². The number of aliphatic carboxylic acids is 1. The van der Waals surface area contributed by atoms with E-state index < -0.39 is 24.5 Å². The van der Waals surface area contributed by atoms with Crippen molar-refractivity contribution >= 4 is 30.8 Å². The molecule has 0 heterocycles. The highest BCUT2D eigenvalue weighted by atomic mass is 32.1. The van der Waals surface area contributed by atoms with Crippen molar-refractivity contribution in [2.24, 2.45) is 0 Å². The van der Waals surface area contributed by atoms with Gasteiger partial charge in [0.2, 0.25) is 0 Å². The van der Waals surface area contributed by atoms with E-state index in [0.717, 1.165) is 0 Å². The monoisotopic (exact) mass is 208 g/mol. The van der Waals surface area contributed by atoms with E-state index in [1.807, 2.05) is 0 Å². The summed E-state index contributed by atoms with van der Waals surface area (Å²) in [6.07, 6.45) is -0.394. The summed E-state index contributed by atoms with van der Waals surface area (Å²) in [6.45, 7) is -0.700. The van der Waals surface area contributed by atoms with Crippen LogP contribution in [0.15, 0.2) is 0 Å². The Kier molecular flexibility index (Phi) is 5.69. The van der Waals surface area contributed by atoms with E-state index in [9.17, 15) is 14.4 Å². The van der Waals surface area contributed by atoms with Crippen molar-refractivity contribution in [1.82, 2.24) is 0 Å². The molecule has 0 aliphatic rings. The third kappa shape index (κ3) is 7.13. The van der Waals surface area contributed by atoms with Crippen molar-refractivity contribution < 1.29 is 28.4 Å². The number of carbonyl (C=O) groups is 3. The van der Waals surface area contributed by atoms with Gasteiger partial charge < -0.3 is 14.0 Å². The van der Waals surface area contributed by atoms with Crippen LogP contribution in [0.1, 0.15) is 12.8 Å². The lowest BCUT2D eigenvalue weighted by atomic mass is 10.3. The number of rotatable bonds is 5. The molecule has 0 unspecified atom stereocenters. The summed E-state index contributed by atoms with van der Waals surface area (Å²) in [5, 5.41) is 8.10. The number of carbonyl (C=O) groups excluding carboxylic acids is 2. The molecule has 6 nitrogen and oxygen atoms in total. The van der Waals surface area contributed by atoms with Crippen LogP contribution >= 0.6 is 12.9 Å². The molecule has 0 atom stereocenters. The highest BCUT2D eigenvalue weighted by Gasteiger charge is 2.09. The van der Waals surface area contributed by atoms with Gasteiger partial charge in [0.1, 0.15) is 0 Å². The number of hydrogen-bond donors (Lipinski definition) is 2. The first-order chi connectivity index (χ1) is 6.06. The Morgan fingerprint density at radius 2 is 1.69 bits per heavy atom. The summed E-state index contributed by atoms with van der Waals surface area (Å²) in [6, 6.07) is 0. The molecule has 0 aliphatic carbocycles. The van der Waals surface area contributed by atoms with Crippen LogP contribution in [0.4, 0.5) is 0 Å². The normalized spacial score (nSPS) is 9.00. The molecule has 0 fully saturated rings. The Morgan fingerprint density at radius 1 is 1.15 bits per heavy atom. The summed E-state index contributed by atoms with van der Waals surface area (Å²) in [5.74, 6) is -2.68. The summed E-state index contributed by atoms with van der Waals surface area (Å²) >= 11 is 3.21. The van der Waals surface area contributed by atoms with Crippen molar-refractivity contribution in [3.05, 3.63) is 0 Å². The van der Waals surface area contributed by atoms with E-state index in [1.54, 1.807) is 0 Å². The van der Waals surface area contributed by atoms with Crippen LogP contribution in [0.5, 0.6) is 0 Å². The minimum absolute atomic E-state index is 0.179. The van der Waals surface area contributed by atoms with Gasteiger partial charge in [-0.05, 0) is 0 Å². The van der Waals surface area contributed by atoms with Crippen LogP contribution in [-0.2, 0) is 23.3 Å². The molecule has 0 aromatic heterocycles. The lowest BCUT2D eigenvalue weighted by Crippen LogP contribution is -2.13. The Balaban J connectivity index is 3.52. The lowest BCUT2D eigenvalue weighted by molar-refractivity contribution is -0.155. The summed E-state index contributed by atoms with van der Waals surface area (Å²) in [4.78, 5) is 31.0. The van der Waals surface area contributed by atoms with Crippen molar-refractivity contribution in [2.75, 3.05) is 6.61 Å². The molecule has 0 aliphatic heterocycles. The number of ether oxygens (including phenoxy) is 1. The Labute approximate surface area is 79.4 Å². The minimum atomic E-state index is -1.25. The zero-order chi connectivity index (χ0) is 10.3. The van der Waals surface area contributed by atoms with Gasteiger partial charge in [-0.3, -0.25) is 9.59 Å². The van der Waals surface area contributed by atoms with Gasteiger partial charge in [-0.2, -0.15) is 0 Å². The maximum Gasteiger partial charge on any atom is 0.341 e. The summed E-state index contributed by atoms with van der Waals surface area (Å²) in [7, 11) is 0. The van der Waals surface area contributed by atoms with E-state index in [4.69, 9.17) is 5.11 Å². The topological polar surface area (TPSA) is 89.9 Å². The van der Waals surface area contributed by atoms with E-state index in [0.29, 0.717) is 0 Å². The Hall–Kier alpha value is -1.24. The van der Waals surface area contributed by atoms with Crippen LogP contribution < -0.4 is 0 Å². The fourth-order valence-corrected chi connectivity index (χ4v) is 0.555. The maximum atomic E-state index is 10.6. The molecular weight excluding hydrogens is 200 g/mol. The van der Waals surface area contributed by atoms with E-state index in [2.05, 4.69) is 21.8 Å². The third-order valence-electron chi connectivity index (χ3n) is 0.992. The Morgan fingerprint density at radius 3 is 2.15 bits per heavy atom. The fourth-order valence-electron chi connectivity index (χ4n) is 0.464. The van der Waals surface area contributed by atoms with E-state index in [1.165, 1.54) is 0 Å². The summed E-state index contributed by atoms with van der Waals surface area (Å²) in [5.41, 5.74) is 0. The smallest absolute Gasteiger partial charge is 0.341 e. The highest BCUT2D eigenvalue weighted by molar-refractivity contribution is 7.75. The van der Waals surface area contributed by atoms with Crippen molar-refractivity contribution in [3.8, 4) is 0 Å². The maximum absolute atomic E-state index is 10.6. The van der Waals surface area contributed by atoms with Gasteiger partial charge in [0.25, 0.3) is 0 Å². The minimum Gasteiger partial charge on any atom is -0.479 e. The summed E-state index contributed by atoms with van der Waals surface area (Å²) < 4.78 is 8.18. The van der Waals surface area contributed by atoms with Crippen LogP contribution in [0, 0.1) is 0 Å². The molecule has 0 saturated carbocycles. The van der Waals surface area contributed by atoms with Crippen molar-refractivity contribution in [3.63, 3.8) is 0 Å². The number of carboxylic acids is 1. The second-order valence-corrected chi connectivity index (χ2v) is 2.20. The molecule has 74 valence electrons. The second kappa shape index (κ2) is 6.30. The first-order valence-corrected chi connectivity index (χ1v) is 3.64. The van der Waals surface area contributed by atoms with Crippen LogP contribution in [0.3, 0.4) is 0 Å².